The molecule has 0 fully saturated rings. The molecule has 0 saturated heterocycles. The normalized spacial score (nSPS) is 10.7. The van der Waals surface area contributed by atoms with E-state index in [1.165, 1.54) is 18.2 Å². The van der Waals surface area contributed by atoms with E-state index in [4.69, 9.17) is 11.6 Å². The van der Waals surface area contributed by atoms with Gasteiger partial charge in [0.1, 0.15) is 5.75 Å². The summed E-state index contributed by atoms with van der Waals surface area (Å²) in [5.41, 5.74) is 0.533. The Kier molecular flexibility index (Phi) is 4.13. The van der Waals surface area contributed by atoms with Crippen molar-refractivity contribution in [3.63, 3.8) is 0 Å². The van der Waals surface area contributed by atoms with Gasteiger partial charge in [0.15, 0.2) is 11.6 Å². The SMILES string of the molecule is O=C(CC(=O)c1cc(Cl)ccc1O)c1ccc2ccccc2c1. The lowest BCUT2D eigenvalue weighted by atomic mass is 9.99. The van der Waals surface area contributed by atoms with Gasteiger partial charge >= 0.3 is 0 Å². The molecule has 0 aliphatic carbocycles. The lowest BCUT2D eigenvalue weighted by Gasteiger charge is -2.05. The maximum atomic E-state index is 12.3. The van der Waals surface area contributed by atoms with E-state index in [2.05, 4.69) is 0 Å². The molecule has 4 heteroatoms. The Bertz CT molecular complexity index is 915. The molecule has 23 heavy (non-hydrogen) atoms. The number of carbonyl (C=O) groups excluding carboxylic acids is 2. The van der Waals surface area contributed by atoms with Crippen molar-refractivity contribution in [2.75, 3.05) is 0 Å². The fourth-order valence-electron chi connectivity index (χ4n) is 2.44. The molecular formula is C19H13ClO3. The maximum absolute atomic E-state index is 12.3. The molecule has 3 aromatic carbocycles. The summed E-state index contributed by atoms with van der Waals surface area (Å²) in [7, 11) is 0. The lowest BCUT2D eigenvalue weighted by Crippen LogP contribution is -2.09. The minimum Gasteiger partial charge on any atom is -0.507 e. The average molecular weight is 325 g/mol. The highest BCUT2D eigenvalue weighted by molar-refractivity contribution is 6.31. The first kappa shape index (κ1) is 15.3. The molecule has 0 atom stereocenters. The Balaban J connectivity index is 1.85. The van der Waals surface area contributed by atoms with Gasteiger partial charge in [-0.25, -0.2) is 0 Å². The van der Waals surface area contributed by atoms with Crippen molar-refractivity contribution < 1.29 is 14.7 Å². The molecule has 0 spiro atoms. The average Bonchev–Trinajstić information content (AvgIpc) is 2.56. The van der Waals surface area contributed by atoms with E-state index in [1.54, 1.807) is 12.1 Å². The van der Waals surface area contributed by atoms with Gasteiger partial charge in [-0.3, -0.25) is 9.59 Å². The highest BCUT2D eigenvalue weighted by Crippen LogP contribution is 2.24. The van der Waals surface area contributed by atoms with Gasteiger partial charge in [-0.15, -0.1) is 0 Å². The Labute approximate surface area is 138 Å². The third kappa shape index (κ3) is 3.25. The van der Waals surface area contributed by atoms with Gasteiger partial charge in [-0.05, 0) is 35.0 Å². The molecule has 1 N–H and O–H groups in total. The number of rotatable bonds is 4. The molecule has 0 aliphatic rings. The second kappa shape index (κ2) is 6.23. The highest BCUT2D eigenvalue weighted by atomic mass is 35.5. The molecule has 0 saturated carbocycles. The van der Waals surface area contributed by atoms with Crippen LogP contribution in [0.3, 0.4) is 0 Å². The van der Waals surface area contributed by atoms with Crippen LogP contribution in [0.4, 0.5) is 0 Å². The van der Waals surface area contributed by atoms with Crippen LogP contribution in [0.1, 0.15) is 27.1 Å². The Hall–Kier alpha value is -2.65. The molecule has 0 aromatic heterocycles. The van der Waals surface area contributed by atoms with Crippen LogP contribution in [0, 0.1) is 0 Å². The van der Waals surface area contributed by atoms with Crippen molar-refractivity contribution in [3.05, 3.63) is 76.8 Å². The number of carbonyl (C=O) groups is 2. The standard InChI is InChI=1S/C19H13ClO3/c20-15-7-8-17(21)16(10-15)19(23)11-18(22)14-6-5-12-3-1-2-4-13(12)9-14/h1-10,21H,11H2. The van der Waals surface area contributed by atoms with E-state index >= 15 is 0 Å². The number of hydrogen-bond donors (Lipinski definition) is 1. The summed E-state index contributed by atoms with van der Waals surface area (Å²) in [4.78, 5) is 24.6. The zero-order valence-corrected chi connectivity index (χ0v) is 12.9. The van der Waals surface area contributed by atoms with Gasteiger partial charge in [-0.1, -0.05) is 48.0 Å². The fourth-order valence-corrected chi connectivity index (χ4v) is 2.61. The number of fused-ring (bicyclic) bond motifs is 1. The van der Waals surface area contributed by atoms with Gasteiger partial charge in [-0.2, -0.15) is 0 Å². The molecule has 114 valence electrons. The molecule has 0 bridgehead atoms. The second-order valence-corrected chi connectivity index (χ2v) is 5.68. The fraction of sp³-hybridized carbons (Fsp3) is 0.0526. The van der Waals surface area contributed by atoms with Crippen molar-refractivity contribution in [1.82, 2.24) is 0 Å². The third-order valence-corrected chi connectivity index (χ3v) is 3.89. The summed E-state index contributed by atoms with van der Waals surface area (Å²) in [6.45, 7) is 0. The second-order valence-electron chi connectivity index (χ2n) is 5.25. The number of halogens is 1. The molecule has 0 heterocycles. The largest absolute Gasteiger partial charge is 0.507 e. The molecule has 0 amide bonds. The Morgan fingerprint density at radius 1 is 0.870 bits per heavy atom. The number of phenols is 1. The molecule has 0 aliphatic heterocycles. The molecule has 3 nitrogen and oxygen atoms in total. The van der Waals surface area contributed by atoms with Gasteiger partial charge in [0.05, 0.1) is 12.0 Å². The van der Waals surface area contributed by atoms with E-state index in [-0.39, 0.29) is 23.5 Å². The minimum atomic E-state index is -0.455. The van der Waals surface area contributed by atoms with E-state index in [9.17, 15) is 14.7 Å². The molecule has 0 radical (unpaired) electrons. The van der Waals surface area contributed by atoms with Gasteiger partial charge in [0.2, 0.25) is 0 Å². The lowest BCUT2D eigenvalue weighted by molar-refractivity contribution is 0.0893. The Morgan fingerprint density at radius 3 is 2.39 bits per heavy atom. The van der Waals surface area contributed by atoms with Crippen molar-refractivity contribution in [2.45, 2.75) is 6.42 Å². The first-order valence-corrected chi connectivity index (χ1v) is 7.46. The van der Waals surface area contributed by atoms with E-state index in [0.717, 1.165) is 10.8 Å². The van der Waals surface area contributed by atoms with Crippen molar-refractivity contribution in [2.24, 2.45) is 0 Å². The maximum Gasteiger partial charge on any atom is 0.174 e. The summed E-state index contributed by atoms with van der Waals surface area (Å²) in [6.07, 6.45) is -0.313. The van der Waals surface area contributed by atoms with Crippen LogP contribution < -0.4 is 0 Å². The van der Waals surface area contributed by atoms with E-state index in [1.807, 2.05) is 30.3 Å². The van der Waals surface area contributed by atoms with Crippen molar-refractivity contribution in [1.29, 1.82) is 0 Å². The van der Waals surface area contributed by atoms with Crippen LogP contribution in [-0.2, 0) is 0 Å². The number of phenolic OH excluding ortho intramolecular Hbond substituents is 1. The molecular weight excluding hydrogens is 312 g/mol. The van der Waals surface area contributed by atoms with Gasteiger partial charge in [0, 0.05) is 10.6 Å². The number of Topliss-reactive ketones (excluding diaryl/α,β-unsaturated/α-hetero) is 2. The van der Waals surface area contributed by atoms with Crippen LogP contribution in [0.2, 0.25) is 5.02 Å². The van der Waals surface area contributed by atoms with E-state index in [0.29, 0.717) is 10.6 Å². The third-order valence-electron chi connectivity index (χ3n) is 3.65. The van der Waals surface area contributed by atoms with Crippen LogP contribution in [0.25, 0.3) is 10.8 Å². The smallest absolute Gasteiger partial charge is 0.174 e. The van der Waals surface area contributed by atoms with Crippen LogP contribution in [0.5, 0.6) is 5.75 Å². The highest BCUT2D eigenvalue weighted by Gasteiger charge is 2.17. The van der Waals surface area contributed by atoms with Crippen LogP contribution in [-0.4, -0.2) is 16.7 Å². The monoisotopic (exact) mass is 324 g/mol. The summed E-state index contributed by atoms with van der Waals surface area (Å²) >= 11 is 5.83. The molecule has 3 aromatic rings. The summed E-state index contributed by atoms with van der Waals surface area (Å²) in [6, 6.07) is 17.2. The number of benzene rings is 3. The predicted molar refractivity (Wildman–Crippen MR) is 90.3 cm³/mol. The Morgan fingerprint density at radius 2 is 1.61 bits per heavy atom. The van der Waals surface area contributed by atoms with Gasteiger partial charge < -0.3 is 5.11 Å². The zero-order valence-electron chi connectivity index (χ0n) is 12.1. The molecule has 3 rings (SSSR count). The van der Waals surface area contributed by atoms with Crippen molar-refractivity contribution >= 4 is 33.9 Å². The summed E-state index contributed by atoms with van der Waals surface area (Å²) < 4.78 is 0. The number of hydrogen-bond acceptors (Lipinski definition) is 3. The number of aromatic hydroxyl groups is 1. The first-order valence-electron chi connectivity index (χ1n) is 7.08. The number of ketones is 2. The summed E-state index contributed by atoms with van der Waals surface area (Å²) in [5.74, 6) is -0.922. The minimum absolute atomic E-state index is 0.0617. The summed E-state index contributed by atoms with van der Waals surface area (Å²) in [5, 5.41) is 12.0. The quantitative estimate of drug-likeness (QED) is 0.561. The topological polar surface area (TPSA) is 54.4 Å². The van der Waals surface area contributed by atoms with Crippen LogP contribution >= 0.6 is 11.6 Å². The van der Waals surface area contributed by atoms with Crippen LogP contribution in [0.15, 0.2) is 60.7 Å². The zero-order chi connectivity index (χ0) is 16.4. The van der Waals surface area contributed by atoms with Crippen molar-refractivity contribution in [3.8, 4) is 5.75 Å². The van der Waals surface area contributed by atoms with E-state index < -0.39 is 5.78 Å². The van der Waals surface area contributed by atoms with Gasteiger partial charge in [0.25, 0.3) is 0 Å². The first-order chi connectivity index (χ1) is 11.0. The molecule has 0 unspecified atom stereocenters. The predicted octanol–water partition coefficient (Wildman–Crippen LogP) is 4.65.